The van der Waals surface area contributed by atoms with E-state index in [0.717, 1.165) is 19.5 Å². The first-order valence-corrected chi connectivity index (χ1v) is 12.2. The number of likely N-dealkylation sites (N-methyl/N-ethyl adjacent to an activating group) is 1. The van der Waals surface area contributed by atoms with E-state index in [4.69, 9.17) is 0 Å². The second kappa shape index (κ2) is 19.5. The van der Waals surface area contributed by atoms with Crippen molar-refractivity contribution in [2.75, 3.05) is 33.7 Å². The molecule has 0 aromatic heterocycles. The van der Waals surface area contributed by atoms with E-state index in [1.165, 1.54) is 96.3 Å². The van der Waals surface area contributed by atoms with Crippen LogP contribution in [-0.4, -0.2) is 44.1 Å². The molecule has 28 heavy (non-hydrogen) atoms. The van der Waals surface area contributed by atoms with Crippen molar-refractivity contribution in [3.05, 3.63) is 12.7 Å². The highest BCUT2D eigenvalue weighted by atomic mass is 16.2. The van der Waals surface area contributed by atoms with Gasteiger partial charge in [-0.05, 0) is 12.5 Å². The molecule has 1 amide bonds. The van der Waals surface area contributed by atoms with Gasteiger partial charge in [-0.25, -0.2) is 0 Å². The zero-order valence-corrected chi connectivity index (χ0v) is 19.6. The fourth-order valence-corrected chi connectivity index (χ4v) is 3.76. The lowest BCUT2D eigenvalue weighted by Gasteiger charge is -2.27. The van der Waals surface area contributed by atoms with Crippen molar-refractivity contribution in [1.29, 1.82) is 0 Å². The fraction of sp³-hybridized carbons (Fsp3) is 0.880. The van der Waals surface area contributed by atoms with Crippen molar-refractivity contribution in [2.45, 2.75) is 110 Å². The number of hydrogen-bond donors (Lipinski definition) is 1. The predicted octanol–water partition coefficient (Wildman–Crippen LogP) is 6.63. The van der Waals surface area contributed by atoms with Crippen LogP contribution < -0.4 is 5.32 Å². The quantitative estimate of drug-likeness (QED) is 0.132. The van der Waals surface area contributed by atoms with Crippen LogP contribution in [0.2, 0.25) is 0 Å². The molecule has 0 spiro atoms. The summed E-state index contributed by atoms with van der Waals surface area (Å²) in [6.07, 6.45) is 24.0. The maximum Gasteiger partial charge on any atom is 0.275 e. The molecule has 0 saturated carbocycles. The molecule has 3 heteroatoms. The minimum atomic E-state index is 0.160. The molecule has 0 saturated heterocycles. The molecule has 0 radical (unpaired) electrons. The fourth-order valence-electron chi connectivity index (χ4n) is 3.76. The van der Waals surface area contributed by atoms with Crippen LogP contribution in [0.3, 0.4) is 0 Å². The molecule has 1 N–H and O–H groups in total. The summed E-state index contributed by atoms with van der Waals surface area (Å²) in [7, 11) is 4.13. The van der Waals surface area contributed by atoms with Crippen molar-refractivity contribution in [3.63, 3.8) is 0 Å². The Morgan fingerprint density at radius 1 is 0.750 bits per heavy atom. The highest BCUT2D eigenvalue weighted by molar-refractivity contribution is 5.77. The monoisotopic (exact) mass is 395 g/mol. The molecule has 0 aliphatic carbocycles. The van der Waals surface area contributed by atoms with Crippen LogP contribution in [0, 0.1) is 0 Å². The summed E-state index contributed by atoms with van der Waals surface area (Å²) >= 11 is 0. The molecule has 166 valence electrons. The SMILES string of the molecule is C=CC[N+](C)(C)CC(=O)NCCCCCCCCCCCCCCCCCC. The summed E-state index contributed by atoms with van der Waals surface area (Å²) in [4.78, 5) is 11.9. The van der Waals surface area contributed by atoms with Crippen molar-refractivity contribution in [1.82, 2.24) is 5.32 Å². The van der Waals surface area contributed by atoms with Gasteiger partial charge in [-0.2, -0.15) is 0 Å². The molecule has 0 bridgehead atoms. The summed E-state index contributed by atoms with van der Waals surface area (Å²) in [6, 6.07) is 0. The van der Waals surface area contributed by atoms with E-state index in [0.29, 0.717) is 11.0 Å². The molecule has 0 aromatic carbocycles. The van der Waals surface area contributed by atoms with Crippen molar-refractivity contribution in [2.24, 2.45) is 0 Å². The number of hydrogen-bond acceptors (Lipinski definition) is 1. The van der Waals surface area contributed by atoms with Crippen LogP contribution in [0.5, 0.6) is 0 Å². The van der Waals surface area contributed by atoms with Gasteiger partial charge in [0.2, 0.25) is 0 Å². The zero-order chi connectivity index (χ0) is 20.9. The lowest BCUT2D eigenvalue weighted by atomic mass is 10.0. The third kappa shape index (κ3) is 19.9. The van der Waals surface area contributed by atoms with E-state index in [-0.39, 0.29) is 5.91 Å². The molecule has 0 atom stereocenters. The number of nitrogens with one attached hydrogen (secondary N) is 1. The van der Waals surface area contributed by atoms with E-state index in [1.807, 2.05) is 6.08 Å². The van der Waals surface area contributed by atoms with Gasteiger partial charge in [0.1, 0.15) is 0 Å². The first kappa shape index (κ1) is 27.2. The van der Waals surface area contributed by atoms with Gasteiger partial charge in [-0.3, -0.25) is 4.79 Å². The van der Waals surface area contributed by atoms with Crippen LogP contribution in [0.25, 0.3) is 0 Å². The summed E-state index contributed by atoms with van der Waals surface area (Å²) < 4.78 is 0.675. The summed E-state index contributed by atoms with van der Waals surface area (Å²) in [5, 5.41) is 3.06. The van der Waals surface area contributed by atoms with Gasteiger partial charge in [0.05, 0.1) is 20.6 Å². The van der Waals surface area contributed by atoms with E-state index in [9.17, 15) is 4.79 Å². The van der Waals surface area contributed by atoms with Crippen LogP contribution in [0.1, 0.15) is 110 Å². The average Bonchev–Trinajstić information content (AvgIpc) is 2.63. The highest BCUT2D eigenvalue weighted by Gasteiger charge is 2.17. The zero-order valence-electron chi connectivity index (χ0n) is 19.6. The Morgan fingerprint density at radius 3 is 1.54 bits per heavy atom. The van der Waals surface area contributed by atoms with Gasteiger partial charge in [0, 0.05) is 6.54 Å². The molecule has 0 unspecified atom stereocenters. The average molecular weight is 396 g/mol. The first-order chi connectivity index (χ1) is 13.5. The van der Waals surface area contributed by atoms with Gasteiger partial charge >= 0.3 is 0 Å². The van der Waals surface area contributed by atoms with E-state index >= 15 is 0 Å². The number of carbonyl (C=O) groups excluding carboxylic acids is 1. The van der Waals surface area contributed by atoms with E-state index < -0.39 is 0 Å². The van der Waals surface area contributed by atoms with Crippen molar-refractivity contribution in [3.8, 4) is 0 Å². The van der Waals surface area contributed by atoms with Gasteiger partial charge in [-0.1, -0.05) is 110 Å². The normalized spacial score (nSPS) is 11.5. The minimum absolute atomic E-state index is 0.160. The van der Waals surface area contributed by atoms with Gasteiger partial charge in [0.25, 0.3) is 5.91 Å². The molecular weight excluding hydrogens is 344 g/mol. The van der Waals surface area contributed by atoms with Crippen LogP contribution in [0.15, 0.2) is 12.7 Å². The highest BCUT2D eigenvalue weighted by Crippen LogP contribution is 2.13. The summed E-state index contributed by atoms with van der Waals surface area (Å²) in [5.74, 6) is 0.160. The van der Waals surface area contributed by atoms with Gasteiger partial charge in [-0.15, -0.1) is 0 Å². The Bertz CT molecular complexity index is 366. The number of amides is 1. The van der Waals surface area contributed by atoms with Gasteiger partial charge in [0.15, 0.2) is 6.54 Å². The van der Waals surface area contributed by atoms with Crippen molar-refractivity contribution >= 4 is 5.91 Å². The Morgan fingerprint density at radius 2 is 1.14 bits per heavy atom. The number of quaternary nitrogens is 1. The van der Waals surface area contributed by atoms with E-state index in [1.54, 1.807) is 0 Å². The minimum Gasteiger partial charge on any atom is -0.351 e. The van der Waals surface area contributed by atoms with E-state index in [2.05, 4.69) is 32.9 Å². The lowest BCUT2D eigenvalue weighted by Crippen LogP contribution is -2.47. The molecule has 0 aromatic rings. The molecule has 0 aliphatic heterocycles. The summed E-state index contributed by atoms with van der Waals surface area (Å²) in [5.41, 5.74) is 0. The molecule has 3 nitrogen and oxygen atoms in total. The number of unbranched alkanes of at least 4 members (excludes halogenated alkanes) is 15. The third-order valence-electron chi connectivity index (χ3n) is 5.55. The Kier molecular flexibility index (Phi) is 18.9. The lowest BCUT2D eigenvalue weighted by molar-refractivity contribution is -0.876. The van der Waals surface area contributed by atoms with Crippen LogP contribution >= 0.6 is 0 Å². The van der Waals surface area contributed by atoms with Gasteiger partial charge < -0.3 is 9.80 Å². The smallest absolute Gasteiger partial charge is 0.275 e. The molecule has 0 fully saturated rings. The first-order valence-electron chi connectivity index (χ1n) is 12.2. The topological polar surface area (TPSA) is 29.1 Å². The number of nitrogens with zero attached hydrogens (tertiary/aromatic N) is 1. The number of carbonyl (C=O) groups is 1. The molecule has 0 aliphatic rings. The molecular formula is C25H51N2O+. The Hall–Kier alpha value is -0.830. The largest absolute Gasteiger partial charge is 0.351 e. The Balaban J connectivity index is 3.23. The predicted molar refractivity (Wildman–Crippen MR) is 125 cm³/mol. The third-order valence-corrected chi connectivity index (χ3v) is 5.55. The van der Waals surface area contributed by atoms with Crippen molar-refractivity contribution < 1.29 is 9.28 Å². The maximum atomic E-state index is 11.9. The summed E-state index contributed by atoms with van der Waals surface area (Å²) in [6.45, 7) is 8.22. The second-order valence-corrected chi connectivity index (χ2v) is 9.22. The van der Waals surface area contributed by atoms with Crippen LogP contribution in [-0.2, 0) is 4.79 Å². The number of rotatable bonds is 21. The molecule has 0 rings (SSSR count). The molecule has 0 heterocycles. The standard InChI is InChI=1S/C25H50N2O/c1-5-7-8-9-10-11-12-13-14-15-16-17-18-19-20-21-22-26-25(28)24-27(3,4)23-6-2/h6H,2,5,7-24H2,1,3-4H3/p+1. The second-order valence-electron chi connectivity index (χ2n) is 9.22. The maximum absolute atomic E-state index is 11.9. The van der Waals surface area contributed by atoms with Crippen LogP contribution in [0.4, 0.5) is 0 Å². The Labute approximate surface area is 176 Å².